The summed E-state index contributed by atoms with van der Waals surface area (Å²) in [6.45, 7) is 12.5. The van der Waals surface area contributed by atoms with Crippen molar-refractivity contribution in [3.63, 3.8) is 0 Å². The number of rotatable bonds is 2. The second-order valence-corrected chi connectivity index (χ2v) is 6.30. The summed E-state index contributed by atoms with van der Waals surface area (Å²) in [5.74, 6) is 0. The van der Waals surface area contributed by atoms with Crippen LogP contribution in [0.25, 0.3) is 0 Å². The van der Waals surface area contributed by atoms with Crippen LogP contribution in [0.5, 0.6) is 0 Å². The molecule has 21 heavy (non-hydrogen) atoms. The van der Waals surface area contributed by atoms with Gasteiger partial charge in [0.05, 0.1) is 0 Å². The predicted molar refractivity (Wildman–Crippen MR) is 90.4 cm³/mol. The molecule has 0 saturated carbocycles. The van der Waals surface area contributed by atoms with Gasteiger partial charge in [-0.15, -0.1) is 0 Å². The standard InChI is InChI=1S/C19H23ClO/c1-10-11(2)13(4)18(14(5)12(10)3)19(21)16-8-7-9-17(20)15(16)6/h7-9,19,21H,1-6H3. The van der Waals surface area contributed by atoms with E-state index in [1.807, 2.05) is 25.1 Å². The fourth-order valence-corrected chi connectivity index (χ4v) is 3.20. The first-order valence-corrected chi connectivity index (χ1v) is 7.65. The van der Waals surface area contributed by atoms with Gasteiger partial charge < -0.3 is 5.11 Å². The third-order valence-electron chi connectivity index (χ3n) is 4.94. The minimum Gasteiger partial charge on any atom is -0.384 e. The molecule has 0 spiro atoms. The van der Waals surface area contributed by atoms with E-state index < -0.39 is 6.10 Å². The van der Waals surface area contributed by atoms with Crippen LogP contribution in [0.4, 0.5) is 0 Å². The smallest absolute Gasteiger partial charge is 0.105 e. The summed E-state index contributed by atoms with van der Waals surface area (Å²) in [4.78, 5) is 0. The van der Waals surface area contributed by atoms with Crippen molar-refractivity contribution in [2.24, 2.45) is 0 Å². The van der Waals surface area contributed by atoms with Crippen LogP contribution in [0.3, 0.4) is 0 Å². The molecule has 0 bridgehead atoms. The molecule has 0 saturated heterocycles. The minimum absolute atomic E-state index is 0.637. The van der Waals surface area contributed by atoms with E-state index in [0.717, 1.165) is 16.7 Å². The Bertz CT molecular complexity index is 672. The fourth-order valence-electron chi connectivity index (χ4n) is 3.02. The molecule has 2 heteroatoms. The van der Waals surface area contributed by atoms with Gasteiger partial charge in [0.25, 0.3) is 0 Å². The van der Waals surface area contributed by atoms with Crippen LogP contribution >= 0.6 is 11.6 Å². The SMILES string of the molecule is Cc1c(Cl)cccc1C(O)c1c(C)c(C)c(C)c(C)c1C. The predicted octanol–water partition coefficient (Wildman–Crippen LogP) is 5.27. The van der Waals surface area contributed by atoms with Gasteiger partial charge in [-0.2, -0.15) is 0 Å². The van der Waals surface area contributed by atoms with Crippen LogP contribution in [-0.4, -0.2) is 5.11 Å². The molecule has 1 N–H and O–H groups in total. The summed E-state index contributed by atoms with van der Waals surface area (Å²) in [5.41, 5.74) is 9.01. The zero-order chi connectivity index (χ0) is 15.9. The van der Waals surface area contributed by atoms with Crippen LogP contribution in [0.2, 0.25) is 5.02 Å². The molecule has 0 radical (unpaired) electrons. The Morgan fingerprint density at radius 3 is 1.76 bits per heavy atom. The molecule has 1 unspecified atom stereocenters. The molecule has 0 fully saturated rings. The third-order valence-corrected chi connectivity index (χ3v) is 5.35. The lowest BCUT2D eigenvalue weighted by Crippen LogP contribution is -2.10. The Kier molecular flexibility index (Phi) is 4.46. The van der Waals surface area contributed by atoms with E-state index in [1.165, 1.54) is 27.8 Å². The van der Waals surface area contributed by atoms with Gasteiger partial charge in [-0.3, -0.25) is 0 Å². The highest BCUT2D eigenvalue weighted by molar-refractivity contribution is 6.31. The maximum Gasteiger partial charge on any atom is 0.105 e. The lowest BCUT2D eigenvalue weighted by molar-refractivity contribution is 0.218. The third kappa shape index (κ3) is 2.61. The lowest BCUT2D eigenvalue weighted by atomic mass is 9.84. The average Bonchev–Trinajstić information content (AvgIpc) is 2.46. The van der Waals surface area contributed by atoms with Crippen molar-refractivity contribution in [1.82, 2.24) is 0 Å². The van der Waals surface area contributed by atoms with Crippen molar-refractivity contribution in [1.29, 1.82) is 0 Å². The Morgan fingerprint density at radius 1 is 0.762 bits per heavy atom. The van der Waals surface area contributed by atoms with Gasteiger partial charge in [0.2, 0.25) is 0 Å². The maximum atomic E-state index is 10.9. The molecule has 1 nitrogen and oxygen atoms in total. The summed E-state index contributed by atoms with van der Waals surface area (Å²) in [6, 6.07) is 5.71. The highest BCUT2D eigenvalue weighted by Gasteiger charge is 2.21. The quantitative estimate of drug-likeness (QED) is 0.801. The van der Waals surface area contributed by atoms with E-state index >= 15 is 0 Å². The summed E-state index contributed by atoms with van der Waals surface area (Å²) >= 11 is 6.20. The molecule has 2 rings (SSSR count). The second kappa shape index (κ2) is 5.82. The van der Waals surface area contributed by atoms with Crippen LogP contribution in [0, 0.1) is 41.5 Å². The van der Waals surface area contributed by atoms with E-state index in [2.05, 4.69) is 34.6 Å². The monoisotopic (exact) mass is 302 g/mol. The van der Waals surface area contributed by atoms with Crippen molar-refractivity contribution in [3.05, 3.63) is 67.7 Å². The summed E-state index contributed by atoms with van der Waals surface area (Å²) < 4.78 is 0. The molecule has 112 valence electrons. The summed E-state index contributed by atoms with van der Waals surface area (Å²) in [5, 5.41) is 11.6. The Labute approximate surface area is 132 Å². The molecule has 2 aromatic carbocycles. The van der Waals surface area contributed by atoms with Crippen LogP contribution in [-0.2, 0) is 0 Å². The lowest BCUT2D eigenvalue weighted by Gasteiger charge is -2.24. The number of hydrogen-bond donors (Lipinski definition) is 1. The first-order valence-electron chi connectivity index (χ1n) is 7.27. The molecule has 1 atom stereocenters. The van der Waals surface area contributed by atoms with Gasteiger partial charge in [0.1, 0.15) is 6.10 Å². The molecule has 0 aromatic heterocycles. The van der Waals surface area contributed by atoms with Gasteiger partial charge in [0.15, 0.2) is 0 Å². The van der Waals surface area contributed by atoms with Crippen molar-refractivity contribution in [2.75, 3.05) is 0 Å². The van der Waals surface area contributed by atoms with Crippen molar-refractivity contribution < 1.29 is 5.11 Å². The fraction of sp³-hybridized carbons (Fsp3) is 0.368. The van der Waals surface area contributed by atoms with Gasteiger partial charge >= 0.3 is 0 Å². The number of aliphatic hydroxyl groups is 1. The molecule has 0 aliphatic heterocycles. The molecule has 2 aromatic rings. The number of benzene rings is 2. The summed E-state index contributed by atoms with van der Waals surface area (Å²) in [7, 11) is 0. The van der Waals surface area contributed by atoms with E-state index in [4.69, 9.17) is 11.6 Å². The molecular formula is C19H23ClO. The molecule has 0 heterocycles. The van der Waals surface area contributed by atoms with Crippen molar-refractivity contribution >= 4 is 11.6 Å². The topological polar surface area (TPSA) is 20.2 Å². The van der Waals surface area contributed by atoms with E-state index in [1.54, 1.807) is 0 Å². The first-order chi connectivity index (χ1) is 9.77. The van der Waals surface area contributed by atoms with Crippen molar-refractivity contribution in [2.45, 2.75) is 47.6 Å². The van der Waals surface area contributed by atoms with E-state index in [-0.39, 0.29) is 0 Å². The van der Waals surface area contributed by atoms with Crippen LogP contribution in [0.1, 0.15) is 50.6 Å². The number of hydrogen-bond acceptors (Lipinski definition) is 1. The Morgan fingerprint density at radius 2 is 1.24 bits per heavy atom. The normalized spacial score (nSPS) is 12.6. The van der Waals surface area contributed by atoms with Crippen LogP contribution < -0.4 is 0 Å². The Balaban J connectivity index is 2.70. The highest BCUT2D eigenvalue weighted by atomic mass is 35.5. The molecular weight excluding hydrogens is 280 g/mol. The molecule has 0 amide bonds. The molecule has 0 aliphatic rings. The van der Waals surface area contributed by atoms with E-state index in [0.29, 0.717) is 5.02 Å². The molecule has 0 aliphatic carbocycles. The van der Waals surface area contributed by atoms with Gasteiger partial charge in [0, 0.05) is 5.02 Å². The summed E-state index contributed by atoms with van der Waals surface area (Å²) in [6.07, 6.45) is -0.637. The van der Waals surface area contributed by atoms with E-state index in [9.17, 15) is 5.11 Å². The second-order valence-electron chi connectivity index (χ2n) is 5.90. The van der Waals surface area contributed by atoms with Crippen LogP contribution in [0.15, 0.2) is 18.2 Å². The van der Waals surface area contributed by atoms with Gasteiger partial charge in [-0.05, 0) is 92.1 Å². The minimum atomic E-state index is -0.637. The zero-order valence-corrected chi connectivity index (χ0v) is 14.4. The maximum absolute atomic E-state index is 10.9. The largest absolute Gasteiger partial charge is 0.384 e. The highest BCUT2D eigenvalue weighted by Crippen LogP contribution is 2.35. The van der Waals surface area contributed by atoms with Gasteiger partial charge in [-0.1, -0.05) is 23.7 Å². The number of halogens is 1. The van der Waals surface area contributed by atoms with Gasteiger partial charge in [-0.25, -0.2) is 0 Å². The Hall–Kier alpha value is -1.31. The number of aliphatic hydroxyl groups excluding tert-OH is 1. The average molecular weight is 303 g/mol. The first kappa shape index (κ1) is 16.1. The van der Waals surface area contributed by atoms with Crippen molar-refractivity contribution in [3.8, 4) is 0 Å². The zero-order valence-electron chi connectivity index (χ0n) is 13.6.